The largest absolute Gasteiger partial charge is 0.489 e. The number of carbonyl (C=O) groups excluding carboxylic acids is 1. The van der Waals surface area contributed by atoms with Crippen LogP contribution >= 0.6 is 0 Å². The van der Waals surface area contributed by atoms with E-state index < -0.39 is 49.3 Å². The molecule has 1 amide bonds. The van der Waals surface area contributed by atoms with Crippen molar-refractivity contribution in [3.05, 3.63) is 23.4 Å². The fourth-order valence-corrected chi connectivity index (χ4v) is 4.01. The Kier molecular flexibility index (Phi) is 8.57. The molecule has 0 aromatic rings. The number of nitrogens with zero attached hydrogens (tertiary/aromatic N) is 2. The minimum absolute atomic E-state index is 0.0155. The van der Waals surface area contributed by atoms with E-state index in [0.29, 0.717) is 32.3 Å². The maximum Gasteiger partial charge on any atom is 0.293 e. The standard InChI is InChI=1S/C21H29F4N3O5/c1-11(26-17(30)8-29)9-31-12-3-5-13(6-4-12)33-21-27-19-14(22)7-15(32-10-16(23)24)18(25)20(19)28(21)2/h7,11-13,16,18,20,29H,3-6,8-10H2,1-2H3,(H,26,30)/t11-,12-,13-,18?,20?/m0/s1. The van der Waals surface area contributed by atoms with E-state index in [9.17, 15) is 22.4 Å². The van der Waals surface area contributed by atoms with Gasteiger partial charge in [0.25, 0.3) is 12.4 Å². The van der Waals surface area contributed by atoms with Gasteiger partial charge in [-0.2, -0.15) is 4.99 Å². The van der Waals surface area contributed by atoms with Gasteiger partial charge in [-0.3, -0.25) is 4.79 Å². The quantitative estimate of drug-likeness (QED) is 0.493. The number of aliphatic hydroxyl groups is 1. The Balaban J connectivity index is 1.50. The van der Waals surface area contributed by atoms with Crippen molar-refractivity contribution in [3.8, 4) is 0 Å². The lowest BCUT2D eigenvalue weighted by atomic mass is 9.95. The minimum atomic E-state index is -2.80. The van der Waals surface area contributed by atoms with Crippen molar-refractivity contribution in [2.45, 2.75) is 69.5 Å². The SMILES string of the molecule is C[C@@H](CO[C@H]1CC[C@H](OC2=NC3=C(F)C=C(OCC(F)F)C(F)C3N2C)CC1)NC(=O)CO. The van der Waals surface area contributed by atoms with Crippen LogP contribution in [0, 0.1) is 0 Å². The monoisotopic (exact) mass is 479 g/mol. The number of aliphatic hydroxyl groups excluding tert-OH is 1. The summed E-state index contributed by atoms with van der Waals surface area (Å²) in [6.07, 6.45) is -1.47. The number of alkyl halides is 3. The first kappa shape index (κ1) is 25.3. The molecular weight excluding hydrogens is 450 g/mol. The van der Waals surface area contributed by atoms with Gasteiger partial charge in [-0.15, -0.1) is 0 Å². The van der Waals surface area contributed by atoms with Gasteiger partial charge in [0.1, 0.15) is 36.8 Å². The maximum atomic E-state index is 14.9. The summed E-state index contributed by atoms with van der Waals surface area (Å²) >= 11 is 0. The van der Waals surface area contributed by atoms with Crippen LogP contribution in [0.4, 0.5) is 17.6 Å². The second-order valence-electron chi connectivity index (χ2n) is 8.31. The first-order chi connectivity index (χ1) is 15.7. The highest BCUT2D eigenvalue weighted by Crippen LogP contribution is 2.37. The van der Waals surface area contributed by atoms with Crippen molar-refractivity contribution in [2.75, 3.05) is 26.9 Å². The van der Waals surface area contributed by atoms with E-state index in [0.717, 1.165) is 6.08 Å². The number of amides is 1. The van der Waals surface area contributed by atoms with E-state index in [1.54, 1.807) is 6.92 Å². The van der Waals surface area contributed by atoms with Gasteiger partial charge in [0.15, 0.2) is 12.0 Å². The summed E-state index contributed by atoms with van der Waals surface area (Å²) < 4.78 is 70.6. The van der Waals surface area contributed by atoms with Gasteiger partial charge in [0, 0.05) is 19.2 Å². The molecule has 0 saturated heterocycles. The normalized spacial score (nSPS) is 28.3. The Morgan fingerprint density at radius 1 is 1.27 bits per heavy atom. The summed E-state index contributed by atoms with van der Waals surface area (Å²) in [5, 5.41) is 11.4. The molecule has 2 unspecified atom stereocenters. The number of ether oxygens (including phenoxy) is 3. The zero-order chi connectivity index (χ0) is 24.1. The van der Waals surface area contributed by atoms with Crippen molar-refractivity contribution >= 4 is 11.9 Å². The highest BCUT2D eigenvalue weighted by molar-refractivity contribution is 5.80. The molecule has 186 valence electrons. The molecule has 8 nitrogen and oxygen atoms in total. The van der Waals surface area contributed by atoms with Gasteiger partial charge in [-0.25, -0.2) is 17.6 Å². The molecule has 2 aliphatic carbocycles. The molecule has 3 aliphatic rings. The lowest BCUT2D eigenvalue weighted by molar-refractivity contribution is -0.125. The molecule has 0 spiro atoms. The second kappa shape index (κ2) is 11.2. The third-order valence-corrected chi connectivity index (χ3v) is 5.68. The van der Waals surface area contributed by atoms with E-state index in [-0.39, 0.29) is 30.0 Å². The van der Waals surface area contributed by atoms with Crippen molar-refractivity contribution in [1.82, 2.24) is 10.2 Å². The molecule has 0 bridgehead atoms. The third kappa shape index (κ3) is 6.38. The summed E-state index contributed by atoms with van der Waals surface area (Å²) in [4.78, 5) is 16.6. The lowest BCUT2D eigenvalue weighted by Gasteiger charge is -2.32. The predicted molar refractivity (Wildman–Crippen MR) is 110 cm³/mol. The van der Waals surface area contributed by atoms with Crippen LogP contribution in [0.5, 0.6) is 0 Å². The molecule has 0 aromatic carbocycles. The Bertz CT molecular complexity index is 799. The Labute approximate surface area is 189 Å². The van der Waals surface area contributed by atoms with Gasteiger partial charge in [-0.05, 0) is 32.6 Å². The number of halogens is 4. The zero-order valence-electron chi connectivity index (χ0n) is 18.5. The fourth-order valence-electron chi connectivity index (χ4n) is 4.01. The lowest BCUT2D eigenvalue weighted by Crippen LogP contribution is -2.44. The average molecular weight is 479 g/mol. The maximum absolute atomic E-state index is 14.9. The van der Waals surface area contributed by atoms with Gasteiger partial charge in [0.2, 0.25) is 5.91 Å². The first-order valence-corrected chi connectivity index (χ1v) is 10.9. The number of rotatable bonds is 9. The topological polar surface area (TPSA) is 92.6 Å². The number of fused-ring (bicyclic) bond motifs is 1. The summed E-state index contributed by atoms with van der Waals surface area (Å²) in [6, 6.07) is -1.31. The molecule has 3 rings (SSSR count). The van der Waals surface area contributed by atoms with Crippen LogP contribution in [0.3, 0.4) is 0 Å². The molecule has 0 radical (unpaired) electrons. The minimum Gasteiger partial charge on any atom is -0.489 e. The molecule has 1 heterocycles. The summed E-state index contributed by atoms with van der Waals surface area (Å²) in [5.74, 6) is -1.80. The highest BCUT2D eigenvalue weighted by Gasteiger charge is 2.45. The van der Waals surface area contributed by atoms with E-state index in [4.69, 9.17) is 19.3 Å². The Morgan fingerprint density at radius 2 is 1.94 bits per heavy atom. The number of hydrogen-bond acceptors (Lipinski definition) is 7. The number of nitrogens with one attached hydrogen (secondary N) is 1. The van der Waals surface area contributed by atoms with Crippen LogP contribution in [0.2, 0.25) is 0 Å². The van der Waals surface area contributed by atoms with Crippen LogP contribution in [0.1, 0.15) is 32.6 Å². The van der Waals surface area contributed by atoms with Gasteiger partial charge in [-0.1, -0.05) is 0 Å². The fraction of sp³-hybridized carbons (Fsp3) is 0.714. The van der Waals surface area contributed by atoms with Crippen molar-refractivity contribution in [3.63, 3.8) is 0 Å². The number of carbonyl (C=O) groups is 1. The van der Waals surface area contributed by atoms with E-state index in [2.05, 4.69) is 10.3 Å². The molecular formula is C21H29F4N3O5. The average Bonchev–Trinajstić information content (AvgIpc) is 3.11. The van der Waals surface area contributed by atoms with Crippen molar-refractivity contribution in [2.24, 2.45) is 4.99 Å². The Morgan fingerprint density at radius 3 is 2.58 bits per heavy atom. The molecule has 3 atom stereocenters. The summed E-state index contributed by atoms with van der Waals surface area (Å²) in [6.45, 7) is 0.497. The smallest absolute Gasteiger partial charge is 0.293 e. The van der Waals surface area contributed by atoms with Crippen LogP contribution in [-0.4, -0.2) is 85.7 Å². The third-order valence-electron chi connectivity index (χ3n) is 5.68. The zero-order valence-corrected chi connectivity index (χ0v) is 18.5. The molecule has 1 aliphatic heterocycles. The molecule has 33 heavy (non-hydrogen) atoms. The number of hydrogen-bond donors (Lipinski definition) is 2. The predicted octanol–water partition coefficient (Wildman–Crippen LogP) is 2.20. The van der Waals surface area contributed by atoms with Crippen LogP contribution in [0.15, 0.2) is 28.4 Å². The summed E-state index contributed by atoms with van der Waals surface area (Å²) in [5.41, 5.74) is -0.152. The first-order valence-electron chi connectivity index (χ1n) is 10.9. The van der Waals surface area contributed by atoms with Crippen LogP contribution in [0.25, 0.3) is 0 Å². The highest BCUT2D eigenvalue weighted by atomic mass is 19.3. The molecule has 2 N–H and O–H groups in total. The van der Waals surface area contributed by atoms with Crippen molar-refractivity contribution < 1.29 is 41.7 Å². The van der Waals surface area contributed by atoms with Crippen LogP contribution in [-0.2, 0) is 19.0 Å². The van der Waals surface area contributed by atoms with Crippen LogP contribution < -0.4 is 5.32 Å². The molecule has 0 aromatic heterocycles. The molecule has 1 fully saturated rings. The van der Waals surface area contributed by atoms with E-state index in [1.165, 1.54) is 11.9 Å². The number of likely N-dealkylation sites (N-methyl/N-ethyl adjacent to an activating group) is 1. The number of amidine groups is 1. The van der Waals surface area contributed by atoms with Crippen molar-refractivity contribution in [1.29, 1.82) is 0 Å². The van der Waals surface area contributed by atoms with Gasteiger partial charge >= 0.3 is 0 Å². The second-order valence-corrected chi connectivity index (χ2v) is 8.31. The summed E-state index contributed by atoms with van der Waals surface area (Å²) in [7, 11) is 1.50. The van der Waals surface area contributed by atoms with Gasteiger partial charge in [0.05, 0.1) is 12.7 Å². The Hall–Kier alpha value is -2.34. The molecule has 1 saturated carbocycles. The number of allylic oxidation sites excluding steroid dienone is 2. The number of aliphatic imine (C=N–C) groups is 1. The van der Waals surface area contributed by atoms with E-state index >= 15 is 0 Å². The van der Waals surface area contributed by atoms with Gasteiger partial charge < -0.3 is 29.5 Å². The van der Waals surface area contributed by atoms with E-state index in [1.807, 2.05) is 0 Å². The molecule has 12 heteroatoms.